The minimum Gasteiger partial charge on any atom is -0.461 e. The number of non-ortho nitro benzene ring substituents is 1. The van der Waals surface area contributed by atoms with Gasteiger partial charge in [-0.15, -0.1) is 0 Å². The molecule has 3 rings (SSSR count). The fourth-order valence-electron chi connectivity index (χ4n) is 3.82. The molecule has 1 aromatic rings. The fourth-order valence-corrected chi connectivity index (χ4v) is 3.82. The van der Waals surface area contributed by atoms with Gasteiger partial charge in [0.05, 0.1) is 4.92 Å². The van der Waals surface area contributed by atoms with Crippen LogP contribution in [0.1, 0.15) is 37.7 Å². The van der Waals surface area contributed by atoms with Gasteiger partial charge >= 0.3 is 5.97 Å². The van der Waals surface area contributed by atoms with Crippen LogP contribution in [0.25, 0.3) is 0 Å². The molecule has 5 heteroatoms. The number of nitro benzene ring substituents is 1. The Kier molecular flexibility index (Phi) is 3.90. The number of benzene rings is 1. The summed E-state index contributed by atoms with van der Waals surface area (Å²) in [4.78, 5) is 22.2. The first-order valence-electron chi connectivity index (χ1n) is 7.51. The quantitative estimate of drug-likeness (QED) is 0.473. The van der Waals surface area contributed by atoms with Crippen LogP contribution in [-0.2, 0) is 16.1 Å². The number of hydrogen-bond acceptors (Lipinski definition) is 4. The molecule has 0 N–H and O–H groups in total. The summed E-state index contributed by atoms with van der Waals surface area (Å²) in [5.74, 6) is 1.84. The first kappa shape index (κ1) is 14.0. The molecule has 0 saturated heterocycles. The van der Waals surface area contributed by atoms with Crippen molar-refractivity contribution in [2.45, 2.75) is 38.7 Å². The van der Waals surface area contributed by atoms with Crippen LogP contribution in [0, 0.1) is 27.9 Å². The van der Waals surface area contributed by atoms with Gasteiger partial charge in [-0.2, -0.15) is 0 Å². The van der Waals surface area contributed by atoms with Crippen molar-refractivity contribution < 1.29 is 14.5 Å². The molecule has 112 valence electrons. The van der Waals surface area contributed by atoms with E-state index in [0.29, 0.717) is 23.8 Å². The number of ether oxygens (including phenoxy) is 1. The molecule has 2 bridgehead atoms. The average Bonchev–Trinajstić information content (AvgIpc) is 3.08. The monoisotopic (exact) mass is 289 g/mol. The zero-order valence-corrected chi connectivity index (χ0v) is 11.9. The Morgan fingerprint density at radius 1 is 1.33 bits per heavy atom. The van der Waals surface area contributed by atoms with Crippen LogP contribution in [0.3, 0.4) is 0 Å². The number of fused-ring (bicyclic) bond motifs is 2. The van der Waals surface area contributed by atoms with Crippen molar-refractivity contribution in [2.24, 2.45) is 17.8 Å². The lowest BCUT2D eigenvalue weighted by Crippen LogP contribution is -2.16. The van der Waals surface area contributed by atoms with Gasteiger partial charge in [0, 0.05) is 18.6 Å². The van der Waals surface area contributed by atoms with Crippen molar-refractivity contribution in [3.63, 3.8) is 0 Å². The maximum absolute atomic E-state index is 11.9. The van der Waals surface area contributed by atoms with Crippen molar-refractivity contribution in [3.05, 3.63) is 39.9 Å². The summed E-state index contributed by atoms with van der Waals surface area (Å²) in [6.07, 6.45) is 5.52. The molecule has 0 radical (unpaired) electrons. The molecular weight excluding hydrogens is 270 g/mol. The van der Waals surface area contributed by atoms with Gasteiger partial charge in [0.2, 0.25) is 0 Å². The van der Waals surface area contributed by atoms with Crippen LogP contribution in [0.2, 0.25) is 0 Å². The van der Waals surface area contributed by atoms with Gasteiger partial charge in [0.25, 0.3) is 5.69 Å². The summed E-state index contributed by atoms with van der Waals surface area (Å²) < 4.78 is 5.27. The molecule has 2 aliphatic carbocycles. The first-order valence-corrected chi connectivity index (χ1v) is 7.51. The maximum Gasteiger partial charge on any atom is 0.306 e. The third-order valence-corrected chi connectivity index (χ3v) is 4.83. The van der Waals surface area contributed by atoms with E-state index in [2.05, 4.69) is 0 Å². The minimum atomic E-state index is -0.444. The summed E-state index contributed by atoms with van der Waals surface area (Å²) in [6, 6.07) is 6.22. The lowest BCUT2D eigenvalue weighted by molar-refractivity contribution is -0.384. The molecule has 3 unspecified atom stereocenters. The third kappa shape index (κ3) is 3.23. The van der Waals surface area contributed by atoms with Crippen LogP contribution in [-0.4, -0.2) is 10.9 Å². The van der Waals surface area contributed by atoms with Gasteiger partial charge in [0.1, 0.15) is 6.61 Å². The molecule has 0 spiro atoms. The minimum absolute atomic E-state index is 0.0247. The van der Waals surface area contributed by atoms with E-state index in [1.165, 1.54) is 31.4 Å². The van der Waals surface area contributed by atoms with E-state index < -0.39 is 4.92 Å². The molecule has 0 aliphatic heterocycles. The molecule has 21 heavy (non-hydrogen) atoms. The van der Waals surface area contributed by atoms with E-state index >= 15 is 0 Å². The molecule has 2 aliphatic rings. The van der Waals surface area contributed by atoms with E-state index in [1.807, 2.05) is 0 Å². The molecule has 0 amide bonds. The smallest absolute Gasteiger partial charge is 0.306 e. The molecule has 5 nitrogen and oxygen atoms in total. The Labute approximate surface area is 123 Å². The van der Waals surface area contributed by atoms with Crippen LogP contribution >= 0.6 is 0 Å². The molecule has 2 fully saturated rings. The molecule has 3 atom stereocenters. The highest BCUT2D eigenvalue weighted by molar-refractivity contribution is 5.69. The predicted molar refractivity (Wildman–Crippen MR) is 76.4 cm³/mol. The van der Waals surface area contributed by atoms with Crippen LogP contribution in [0.5, 0.6) is 0 Å². The fraction of sp³-hybridized carbons (Fsp3) is 0.562. The summed E-state index contributed by atoms with van der Waals surface area (Å²) >= 11 is 0. The summed E-state index contributed by atoms with van der Waals surface area (Å²) in [5, 5.41) is 10.7. The summed E-state index contributed by atoms with van der Waals surface area (Å²) in [6.45, 7) is 0.112. The standard InChI is InChI=1S/C16H19NO4/c18-16(9-14-7-11-4-5-13(14)6-11)21-10-12-2-1-3-15(8-12)17(19)20/h1-3,8,11,13-14H,4-7,9-10H2. The zero-order valence-electron chi connectivity index (χ0n) is 11.9. The van der Waals surface area contributed by atoms with Crippen molar-refractivity contribution >= 4 is 11.7 Å². The number of nitro groups is 1. The lowest BCUT2D eigenvalue weighted by Gasteiger charge is -2.20. The van der Waals surface area contributed by atoms with Crippen LogP contribution < -0.4 is 0 Å². The average molecular weight is 289 g/mol. The Morgan fingerprint density at radius 3 is 2.86 bits per heavy atom. The topological polar surface area (TPSA) is 69.4 Å². The van der Waals surface area contributed by atoms with Crippen LogP contribution in [0.4, 0.5) is 5.69 Å². The maximum atomic E-state index is 11.9. The molecule has 2 saturated carbocycles. The highest BCUT2D eigenvalue weighted by atomic mass is 16.6. The number of rotatable bonds is 5. The molecule has 0 aromatic heterocycles. The highest BCUT2D eigenvalue weighted by Crippen LogP contribution is 2.49. The first-order chi connectivity index (χ1) is 10.1. The zero-order chi connectivity index (χ0) is 14.8. The van der Waals surface area contributed by atoms with E-state index in [9.17, 15) is 14.9 Å². The number of nitrogens with zero attached hydrogens (tertiary/aromatic N) is 1. The van der Waals surface area contributed by atoms with Crippen molar-refractivity contribution in [2.75, 3.05) is 0 Å². The van der Waals surface area contributed by atoms with E-state index in [-0.39, 0.29) is 18.3 Å². The number of hydrogen-bond donors (Lipinski definition) is 0. The molecular formula is C16H19NO4. The normalized spacial score (nSPS) is 26.8. The largest absolute Gasteiger partial charge is 0.461 e. The SMILES string of the molecule is O=C(CC1CC2CCC1C2)OCc1cccc([N+](=O)[O-])c1. The van der Waals surface area contributed by atoms with Gasteiger partial charge in [-0.3, -0.25) is 14.9 Å². The number of esters is 1. The Hall–Kier alpha value is -1.91. The van der Waals surface area contributed by atoms with Gasteiger partial charge in [0.15, 0.2) is 0 Å². The number of carbonyl (C=O) groups excluding carboxylic acids is 1. The third-order valence-electron chi connectivity index (χ3n) is 4.83. The second kappa shape index (κ2) is 5.84. The Balaban J connectivity index is 1.49. The highest BCUT2D eigenvalue weighted by Gasteiger charge is 2.40. The molecule has 1 aromatic carbocycles. The van der Waals surface area contributed by atoms with Gasteiger partial charge in [-0.05, 0) is 42.6 Å². The van der Waals surface area contributed by atoms with Crippen molar-refractivity contribution in [1.29, 1.82) is 0 Å². The second-order valence-electron chi connectivity index (χ2n) is 6.23. The predicted octanol–water partition coefficient (Wildman–Crippen LogP) is 3.46. The summed E-state index contributed by atoms with van der Waals surface area (Å²) in [5.41, 5.74) is 0.683. The summed E-state index contributed by atoms with van der Waals surface area (Å²) in [7, 11) is 0. The Bertz CT molecular complexity index is 557. The van der Waals surface area contributed by atoms with Gasteiger partial charge in [-0.1, -0.05) is 18.6 Å². The van der Waals surface area contributed by atoms with Crippen molar-refractivity contribution in [3.8, 4) is 0 Å². The number of carbonyl (C=O) groups is 1. The lowest BCUT2D eigenvalue weighted by atomic mass is 9.86. The molecule has 0 heterocycles. The van der Waals surface area contributed by atoms with E-state index in [4.69, 9.17) is 4.74 Å². The Morgan fingerprint density at radius 2 is 2.19 bits per heavy atom. The van der Waals surface area contributed by atoms with Gasteiger partial charge < -0.3 is 4.74 Å². The second-order valence-corrected chi connectivity index (χ2v) is 6.23. The van der Waals surface area contributed by atoms with Crippen LogP contribution in [0.15, 0.2) is 24.3 Å². The van der Waals surface area contributed by atoms with E-state index in [0.717, 1.165) is 12.3 Å². The van der Waals surface area contributed by atoms with E-state index in [1.54, 1.807) is 12.1 Å². The van der Waals surface area contributed by atoms with Crippen molar-refractivity contribution in [1.82, 2.24) is 0 Å². The van der Waals surface area contributed by atoms with Gasteiger partial charge in [-0.25, -0.2) is 0 Å².